The molecule has 0 aliphatic heterocycles. The Kier molecular flexibility index (Phi) is 6.27. The summed E-state index contributed by atoms with van der Waals surface area (Å²) in [5.41, 5.74) is -1.76. The van der Waals surface area contributed by atoms with Gasteiger partial charge in [0.15, 0.2) is 5.78 Å². The van der Waals surface area contributed by atoms with Crippen molar-refractivity contribution in [3.63, 3.8) is 0 Å². The molecule has 0 unspecified atom stereocenters. The fourth-order valence-corrected chi connectivity index (χ4v) is 5.08. The van der Waals surface area contributed by atoms with E-state index in [4.69, 9.17) is 0 Å². The van der Waals surface area contributed by atoms with Gasteiger partial charge in [-0.2, -0.15) is 13.2 Å². The minimum atomic E-state index is -4.78. The molecule has 0 atom stereocenters. The lowest BCUT2D eigenvalue weighted by molar-refractivity contribution is -0.140. The van der Waals surface area contributed by atoms with Gasteiger partial charge in [-0.25, -0.2) is 4.39 Å². The lowest BCUT2D eigenvalue weighted by Gasteiger charge is -2.37. The molecule has 0 N–H and O–H groups in total. The number of carbonyl (C=O) groups is 1. The molecular weight excluding hydrogens is 356 g/mol. The molecule has 27 heavy (non-hydrogen) atoms. The Morgan fingerprint density at radius 1 is 0.963 bits per heavy atom. The van der Waals surface area contributed by atoms with Crippen LogP contribution in [-0.4, -0.2) is 5.78 Å². The maximum Gasteiger partial charge on any atom is 0.419 e. The molecule has 0 saturated heterocycles. The summed E-state index contributed by atoms with van der Waals surface area (Å²) in [5.74, 6) is -0.0663. The first-order valence-electron chi connectivity index (χ1n) is 10.2. The number of alkyl halides is 3. The molecule has 2 aliphatic carbocycles. The second kappa shape index (κ2) is 8.32. The van der Waals surface area contributed by atoms with E-state index in [-0.39, 0.29) is 5.92 Å². The summed E-state index contributed by atoms with van der Waals surface area (Å²) in [6.45, 7) is 2.24. The molecule has 1 nitrogen and oxygen atoms in total. The highest BCUT2D eigenvalue weighted by Gasteiger charge is 2.38. The molecule has 0 amide bonds. The van der Waals surface area contributed by atoms with E-state index in [0.717, 1.165) is 24.8 Å². The average Bonchev–Trinajstić information content (AvgIpc) is 2.67. The zero-order valence-electron chi connectivity index (χ0n) is 15.8. The van der Waals surface area contributed by atoms with Crippen LogP contribution in [0.15, 0.2) is 18.2 Å². The first-order chi connectivity index (χ1) is 12.8. The van der Waals surface area contributed by atoms with Gasteiger partial charge in [-0.05, 0) is 68.4 Å². The average molecular weight is 384 g/mol. The van der Waals surface area contributed by atoms with Crippen LogP contribution in [0.1, 0.15) is 80.6 Å². The van der Waals surface area contributed by atoms with Gasteiger partial charge in [0.05, 0.1) is 11.1 Å². The van der Waals surface area contributed by atoms with E-state index in [9.17, 15) is 22.4 Å². The summed E-state index contributed by atoms with van der Waals surface area (Å²) in [6, 6.07) is 3.00. The van der Waals surface area contributed by atoms with Crippen molar-refractivity contribution in [3.05, 3.63) is 35.1 Å². The fraction of sp³-hybridized carbons (Fsp3) is 0.682. The molecule has 0 bridgehead atoms. The van der Waals surface area contributed by atoms with E-state index < -0.39 is 28.9 Å². The molecule has 150 valence electrons. The normalized spacial score (nSPS) is 29.5. The molecule has 1 aromatic rings. The number of hydrogen-bond donors (Lipinski definition) is 0. The molecular formula is C22H28F4O. The summed E-state index contributed by atoms with van der Waals surface area (Å²) in [7, 11) is 0. The van der Waals surface area contributed by atoms with Crippen molar-refractivity contribution in [1.82, 2.24) is 0 Å². The molecule has 0 spiro atoms. The van der Waals surface area contributed by atoms with Gasteiger partial charge in [0, 0.05) is 5.92 Å². The van der Waals surface area contributed by atoms with Gasteiger partial charge in [-0.15, -0.1) is 0 Å². The number of carbonyl (C=O) groups excluding carboxylic acids is 1. The Bertz CT molecular complexity index is 651. The van der Waals surface area contributed by atoms with Gasteiger partial charge in [-0.1, -0.05) is 32.3 Å². The van der Waals surface area contributed by atoms with E-state index >= 15 is 0 Å². The molecule has 2 saturated carbocycles. The third-order valence-corrected chi connectivity index (χ3v) is 6.85. The smallest absolute Gasteiger partial charge is 0.294 e. The van der Waals surface area contributed by atoms with Gasteiger partial charge in [0.25, 0.3) is 0 Å². The number of rotatable bonds is 4. The monoisotopic (exact) mass is 384 g/mol. The van der Waals surface area contributed by atoms with Crippen molar-refractivity contribution >= 4 is 5.78 Å². The van der Waals surface area contributed by atoms with Crippen molar-refractivity contribution in [2.45, 2.75) is 70.9 Å². The SMILES string of the molecule is CCC1CCC(C2CCC(C(=O)c3cccc(C(F)(F)F)c3F)CC2)CC1. The number of benzene rings is 1. The van der Waals surface area contributed by atoms with Crippen LogP contribution in [0.5, 0.6) is 0 Å². The zero-order chi connectivity index (χ0) is 19.6. The predicted octanol–water partition coefficient (Wildman–Crippen LogP) is 7.05. The Balaban J connectivity index is 1.61. The van der Waals surface area contributed by atoms with Crippen molar-refractivity contribution in [2.75, 3.05) is 0 Å². The molecule has 2 aliphatic rings. The highest BCUT2D eigenvalue weighted by molar-refractivity contribution is 5.98. The predicted molar refractivity (Wildman–Crippen MR) is 96.9 cm³/mol. The summed E-state index contributed by atoms with van der Waals surface area (Å²) < 4.78 is 53.0. The summed E-state index contributed by atoms with van der Waals surface area (Å²) in [5, 5.41) is 0. The van der Waals surface area contributed by atoms with Crippen molar-refractivity contribution in [2.24, 2.45) is 23.7 Å². The van der Waals surface area contributed by atoms with Gasteiger partial charge < -0.3 is 0 Å². The molecule has 0 radical (unpaired) electrons. The maximum absolute atomic E-state index is 14.3. The van der Waals surface area contributed by atoms with Crippen molar-refractivity contribution < 1.29 is 22.4 Å². The number of halogens is 4. The number of hydrogen-bond acceptors (Lipinski definition) is 1. The van der Waals surface area contributed by atoms with Gasteiger partial charge >= 0.3 is 6.18 Å². The fourth-order valence-electron chi connectivity index (χ4n) is 5.08. The largest absolute Gasteiger partial charge is 0.419 e. The second-order valence-electron chi connectivity index (χ2n) is 8.33. The number of ketones is 1. The standard InChI is InChI=1S/C22H28F4O/c1-2-14-6-8-15(9-7-14)16-10-12-17(13-11-16)21(27)18-4-3-5-19(20(18)23)22(24,25)26/h3-5,14-17H,2,6-13H2,1H3. The topological polar surface area (TPSA) is 17.1 Å². The van der Waals surface area contributed by atoms with E-state index in [2.05, 4.69) is 6.92 Å². The van der Waals surface area contributed by atoms with Crippen LogP contribution in [0, 0.1) is 29.5 Å². The zero-order valence-corrected chi connectivity index (χ0v) is 15.8. The number of Topliss-reactive ketones (excluding diaryl/α,β-unsaturated/α-hetero) is 1. The van der Waals surface area contributed by atoms with Crippen LogP contribution in [0.2, 0.25) is 0 Å². The van der Waals surface area contributed by atoms with Crippen LogP contribution in [-0.2, 0) is 6.18 Å². The van der Waals surface area contributed by atoms with E-state index in [1.165, 1.54) is 38.2 Å². The Hall–Kier alpha value is -1.39. The second-order valence-corrected chi connectivity index (χ2v) is 8.33. The molecule has 0 heterocycles. The van der Waals surface area contributed by atoms with Crippen molar-refractivity contribution in [3.8, 4) is 0 Å². The quantitative estimate of drug-likeness (QED) is 0.401. The molecule has 1 aromatic carbocycles. The van der Waals surface area contributed by atoms with Gasteiger partial charge in [0.1, 0.15) is 5.82 Å². The van der Waals surface area contributed by atoms with E-state index in [1.54, 1.807) is 0 Å². The van der Waals surface area contributed by atoms with Crippen LogP contribution in [0.3, 0.4) is 0 Å². The van der Waals surface area contributed by atoms with Crippen molar-refractivity contribution in [1.29, 1.82) is 0 Å². The van der Waals surface area contributed by atoms with Crippen LogP contribution < -0.4 is 0 Å². The molecule has 0 aromatic heterocycles. The first kappa shape index (κ1) is 20.3. The highest BCUT2D eigenvalue weighted by atomic mass is 19.4. The van der Waals surface area contributed by atoms with Gasteiger partial charge in [0.2, 0.25) is 0 Å². The third-order valence-electron chi connectivity index (χ3n) is 6.85. The van der Waals surface area contributed by atoms with Crippen LogP contribution in [0.4, 0.5) is 17.6 Å². The Morgan fingerprint density at radius 3 is 2.04 bits per heavy atom. The Morgan fingerprint density at radius 2 is 1.52 bits per heavy atom. The minimum Gasteiger partial charge on any atom is -0.294 e. The highest BCUT2D eigenvalue weighted by Crippen LogP contribution is 2.43. The summed E-state index contributed by atoms with van der Waals surface area (Å²) >= 11 is 0. The minimum absolute atomic E-state index is 0.355. The summed E-state index contributed by atoms with van der Waals surface area (Å²) in [4.78, 5) is 12.7. The molecule has 3 rings (SSSR count). The first-order valence-corrected chi connectivity index (χ1v) is 10.2. The van der Waals surface area contributed by atoms with Crippen LogP contribution >= 0.6 is 0 Å². The summed E-state index contributed by atoms with van der Waals surface area (Å²) in [6.07, 6.45) is 4.72. The van der Waals surface area contributed by atoms with Crippen LogP contribution in [0.25, 0.3) is 0 Å². The molecule has 2 fully saturated rings. The maximum atomic E-state index is 14.3. The lowest BCUT2D eigenvalue weighted by atomic mass is 9.68. The van der Waals surface area contributed by atoms with E-state index in [1.807, 2.05) is 0 Å². The lowest BCUT2D eigenvalue weighted by Crippen LogP contribution is -2.29. The molecule has 5 heteroatoms. The Labute approximate surface area is 158 Å². The van der Waals surface area contributed by atoms with E-state index in [0.29, 0.717) is 30.7 Å². The third kappa shape index (κ3) is 4.55. The van der Waals surface area contributed by atoms with Gasteiger partial charge in [-0.3, -0.25) is 4.79 Å².